The molecule has 0 spiro atoms. The minimum Gasteiger partial charge on any atom is -0.388 e. The van der Waals surface area contributed by atoms with Gasteiger partial charge in [0.2, 0.25) is 11.8 Å². The number of amides is 2. The summed E-state index contributed by atoms with van der Waals surface area (Å²) < 4.78 is 0. The predicted molar refractivity (Wildman–Crippen MR) is 78.1 cm³/mol. The highest BCUT2D eigenvalue weighted by atomic mass is 16.3. The molecule has 0 atom stereocenters. The van der Waals surface area contributed by atoms with Crippen LogP contribution < -0.4 is 10.6 Å². The highest BCUT2D eigenvalue weighted by molar-refractivity contribution is 5.81. The molecule has 0 aliphatic heterocycles. The Morgan fingerprint density at radius 1 is 1.15 bits per heavy atom. The molecule has 0 saturated heterocycles. The van der Waals surface area contributed by atoms with Crippen LogP contribution in [0.3, 0.4) is 0 Å². The number of carbonyl (C=O) groups excluding carboxylic acids is 2. The van der Waals surface area contributed by atoms with E-state index in [0.717, 1.165) is 25.7 Å². The summed E-state index contributed by atoms with van der Waals surface area (Å²) in [6.45, 7) is 6.43. The van der Waals surface area contributed by atoms with E-state index in [1.54, 1.807) is 0 Å². The third-order valence-electron chi connectivity index (χ3n) is 3.70. The number of rotatable bonds is 6. The number of aliphatic hydroxyl groups is 1. The Bertz CT molecular complexity index is 342. The molecule has 116 valence electrons. The quantitative estimate of drug-likeness (QED) is 0.644. The highest BCUT2D eigenvalue weighted by Crippen LogP contribution is 2.28. The summed E-state index contributed by atoms with van der Waals surface area (Å²) in [4.78, 5) is 23.3. The molecule has 1 aliphatic carbocycles. The van der Waals surface area contributed by atoms with E-state index in [0.29, 0.717) is 25.9 Å². The van der Waals surface area contributed by atoms with Crippen molar-refractivity contribution in [1.29, 1.82) is 0 Å². The number of hydrogen-bond acceptors (Lipinski definition) is 3. The summed E-state index contributed by atoms with van der Waals surface area (Å²) in [5.41, 5.74) is -1.09. The average molecular weight is 284 g/mol. The van der Waals surface area contributed by atoms with Crippen molar-refractivity contribution in [3.8, 4) is 0 Å². The molecule has 0 aromatic rings. The predicted octanol–water partition coefficient (Wildman–Crippen LogP) is 1.35. The van der Waals surface area contributed by atoms with Gasteiger partial charge >= 0.3 is 0 Å². The first-order chi connectivity index (χ1) is 9.23. The molecule has 1 saturated carbocycles. The molecule has 0 bridgehead atoms. The van der Waals surface area contributed by atoms with Crippen LogP contribution in [-0.2, 0) is 9.59 Å². The lowest BCUT2D eigenvalue weighted by Crippen LogP contribution is -2.41. The van der Waals surface area contributed by atoms with Crippen molar-refractivity contribution in [3.05, 3.63) is 0 Å². The topological polar surface area (TPSA) is 78.4 Å². The van der Waals surface area contributed by atoms with Crippen LogP contribution in [0.4, 0.5) is 0 Å². The zero-order chi connectivity index (χ0) is 15.2. The van der Waals surface area contributed by atoms with Crippen molar-refractivity contribution in [2.24, 2.45) is 5.41 Å². The van der Waals surface area contributed by atoms with Gasteiger partial charge in [0.25, 0.3) is 0 Å². The summed E-state index contributed by atoms with van der Waals surface area (Å²) in [6.07, 6.45) is 4.60. The standard InChI is InChI=1S/C15H28N2O3/c1-14(2,3)13(19)16-10-6-7-12(18)17-11-15(20)8-4-5-9-15/h20H,4-11H2,1-3H3,(H,16,19)(H,17,18). The second-order valence-electron chi connectivity index (χ2n) is 6.82. The molecule has 3 N–H and O–H groups in total. The molecule has 5 heteroatoms. The van der Waals surface area contributed by atoms with Crippen molar-refractivity contribution in [2.75, 3.05) is 13.1 Å². The molecule has 1 fully saturated rings. The lowest BCUT2D eigenvalue weighted by Gasteiger charge is -2.22. The highest BCUT2D eigenvalue weighted by Gasteiger charge is 2.31. The number of carbonyl (C=O) groups is 2. The monoisotopic (exact) mass is 284 g/mol. The Kier molecular flexibility index (Phi) is 5.99. The molecule has 5 nitrogen and oxygen atoms in total. The molecule has 2 amide bonds. The van der Waals surface area contributed by atoms with E-state index in [1.807, 2.05) is 20.8 Å². The van der Waals surface area contributed by atoms with Gasteiger partial charge in [-0.15, -0.1) is 0 Å². The van der Waals surface area contributed by atoms with Crippen molar-refractivity contribution in [2.45, 2.75) is 64.9 Å². The Morgan fingerprint density at radius 3 is 2.30 bits per heavy atom. The third-order valence-corrected chi connectivity index (χ3v) is 3.70. The zero-order valence-corrected chi connectivity index (χ0v) is 12.9. The molecular weight excluding hydrogens is 256 g/mol. The Labute approximate surface area is 121 Å². The SMILES string of the molecule is CC(C)(C)C(=O)NCCCC(=O)NCC1(O)CCCC1. The van der Waals surface area contributed by atoms with E-state index in [4.69, 9.17) is 0 Å². The van der Waals surface area contributed by atoms with Gasteiger partial charge in [-0.25, -0.2) is 0 Å². The third kappa shape index (κ3) is 5.90. The zero-order valence-electron chi connectivity index (χ0n) is 12.9. The van der Waals surface area contributed by atoms with Crippen LogP contribution in [0.15, 0.2) is 0 Å². The molecular formula is C15H28N2O3. The van der Waals surface area contributed by atoms with Gasteiger partial charge in [-0.2, -0.15) is 0 Å². The molecule has 0 aromatic heterocycles. The van der Waals surface area contributed by atoms with Gasteiger partial charge in [0.05, 0.1) is 5.60 Å². The minimum atomic E-state index is -0.698. The van der Waals surface area contributed by atoms with Crippen LogP contribution >= 0.6 is 0 Å². The fourth-order valence-electron chi connectivity index (χ4n) is 2.28. The Morgan fingerprint density at radius 2 is 1.75 bits per heavy atom. The largest absolute Gasteiger partial charge is 0.388 e. The summed E-state index contributed by atoms with van der Waals surface area (Å²) in [5.74, 6) is -0.0616. The molecule has 0 aromatic carbocycles. The maximum atomic E-state index is 11.6. The lowest BCUT2D eigenvalue weighted by molar-refractivity contribution is -0.128. The molecule has 0 radical (unpaired) electrons. The lowest BCUT2D eigenvalue weighted by atomic mass is 9.96. The van der Waals surface area contributed by atoms with Gasteiger partial charge in [0.1, 0.15) is 0 Å². The summed E-state index contributed by atoms with van der Waals surface area (Å²) in [5, 5.41) is 15.7. The van der Waals surface area contributed by atoms with Gasteiger partial charge in [-0.05, 0) is 19.3 Å². The number of nitrogens with one attached hydrogen (secondary N) is 2. The number of hydrogen-bond donors (Lipinski definition) is 3. The van der Waals surface area contributed by atoms with Crippen molar-refractivity contribution >= 4 is 11.8 Å². The first kappa shape index (κ1) is 17.0. The Balaban J connectivity index is 2.10. The molecule has 1 rings (SSSR count). The van der Waals surface area contributed by atoms with E-state index in [1.165, 1.54) is 0 Å². The summed E-state index contributed by atoms with van der Waals surface area (Å²) >= 11 is 0. The van der Waals surface area contributed by atoms with E-state index in [-0.39, 0.29) is 11.8 Å². The fourth-order valence-corrected chi connectivity index (χ4v) is 2.28. The van der Waals surface area contributed by atoms with Gasteiger partial charge in [0.15, 0.2) is 0 Å². The van der Waals surface area contributed by atoms with E-state index < -0.39 is 11.0 Å². The maximum absolute atomic E-state index is 11.6. The van der Waals surface area contributed by atoms with E-state index >= 15 is 0 Å². The van der Waals surface area contributed by atoms with Crippen LogP contribution in [0.2, 0.25) is 0 Å². The minimum absolute atomic E-state index is 0.00169. The molecule has 0 unspecified atom stereocenters. The Hall–Kier alpha value is -1.10. The maximum Gasteiger partial charge on any atom is 0.225 e. The molecule has 20 heavy (non-hydrogen) atoms. The van der Waals surface area contributed by atoms with Gasteiger partial charge in [-0.1, -0.05) is 33.6 Å². The summed E-state index contributed by atoms with van der Waals surface area (Å²) in [7, 11) is 0. The van der Waals surface area contributed by atoms with Crippen molar-refractivity contribution < 1.29 is 14.7 Å². The fraction of sp³-hybridized carbons (Fsp3) is 0.867. The van der Waals surface area contributed by atoms with Crippen LogP contribution in [-0.4, -0.2) is 35.6 Å². The first-order valence-electron chi connectivity index (χ1n) is 7.50. The summed E-state index contributed by atoms with van der Waals surface area (Å²) in [6, 6.07) is 0. The molecule has 1 aliphatic rings. The van der Waals surface area contributed by atoms with Gasteiger partial charge < -0.3 is 15.7 Å². The molecule has 0 heterocycles. The van der Waals surface area contributed by atoms with E-state index in [2.05, 4.69) is 10.6 Å². The van der Waals surface area contributed by atoms with Crippen molar-refractivity contribution in [1.82, 2.24) is 10.6 Å². The van der Waals surface area contributed by atoms with E-state index in [9.17, 15) is 14.7 Å². The second-order valence-corrected chi connectivity index (χ2v) is 6.82. The normalized spacial score (nSPS) is 17.8. The van der Waals surface area contributed by atoms with Gasteiger partial charge in [0, 0.05) is 24.9 Å². The van der Waals surface area contributed by atoms with Crippen LogP contribution in [0.25, 0.3) is 0 Å². The van der Waals surface area contributed by atoms with Crippen molar-refractivity contribution in [3.63, 3.8) is 0 Å². The second kappa shape index (κ2) is 7.07. The van der Waals surface area contributed by atoms with Crippen LogP contribution in [0.1, 0.15) is 59.3 Å². The average Bonchev–Trinajstić information content (AvgIpc) is 2.78. The smallest absolute Gasteiger partial charge is 0.225 e. The first-order valence-corrected chi connectivity index (χ1v) is 7.50. The van der Waals surface area contributed by atoms with Crippen LogP contribution in [0.5, 0.6) is 0 Å². The van der Waals surface area contributed by atoms with Gasteiger partial charge in [-0.3, -0.25) is 9.59 Å². The van der Waals surface area contributed by atoms with Crippen LogP contribution in [0, 0.1) is 5.41 Å².